The molecule has 0 aromatic heterocycles. The highest BCUT2D eigenvalue weighted by atomic mass is 19.4. The number of halogens is 3. The molecule has 0 aromatic rings. The lowest BCUT2D eigenvalue weighted by atomic mass is 10.1. The van der Waals surface area contributed by atoms with Crippen LogP contribution in [0.3, 0.4) is 0 Å². The Labute approximate surface area is 87.8 Å². The maximum absolute atomic E-state index is 12.1. The summed E-state index contributed by atoms with van der Waals surface area (Å²) < 4.78 is 36.4. The van der Waals surface area contributed by atoms with Gasteiger partial charge in [0.15, 0.2) is 0 Å². The largest absolute Gasteiger partial charge is 0.390 e. The van der Waals surface area contributed by atoms with Crippen LogP contribution in [0, 0.1) is 0 Å². The number of nitrogens with one attached hydrogen (secondary N) is 1. The standard InChI is InChI=1S/C10H17F3N2/c11-10(12,13)4-6-15-8-1-2-9(15)7-14-5-3-8/h8-9,14H,1-7H2. The van der Waals surface area contributed by atoms with Crippen molar-refractivity contribution in [1.82, 2.24) is 10.2 Å². The number of hydrogen-bond donors (Lipinski definition) is 1. The summed E-state index contributed by atoms with van der Waals surface area (Å²) in [5.41, 5.74) is 0. The first-order valence-electron chi connectivity index (χ1n) is 5.59. The predicted molar refractivity (Wildman–Crippen MR) is 51.7 cm³/mol. The van der Waals surface area contributed by atoms with Crippen LogP contribution in [0.15, 0.2) is 0 Å². The normalized spacial score (nSPS) is 33.0. The van der Waals surface area contributed by atoms with Gasteiger partial charge in [-0.05, 0) is 25.8 Å². The highest BCUT2D eigenvalue weighted by Gasteiger charge is 2.37. The third-order valence-electron chi connectivity index (χ3n) is 3.46. The lowest BCUT2D eigenvalue weighted by Gasteiger charge is -2.27. The van der Waals surface area contributed by atoms with Gasteiger partial charge in [0, 0.05) is 25.2 Å². The van der Waals surface area contributed by atoms with Crippen molar-refractivity contribution >= 4 is 0 Å². The molecule has 2 fully saturated rings. The third kappa shape index (κ3) is 2.84. The van der Waals surface area contributed by atoms with Crippen molar-refractivity contribution < 1.29 is 13.2 Å². The van der Waals surface area contributed by atoms with Crippen molar-refractivity contribution in [2.75, 3.05) is 19.6 Å². The minimum absolute atomic E-state index is 0.181. The first-order chi connectivity index (χ1) is 7.06. The second-order valence-electron chi connectivity index (χ2n) is 4.48. The second kappa shape index (κ2) is 4.29. The fourth-order valence-corrected chi connectivity index (χ4v) is 2.70. The third-order valence-corrected chi connectivity index (χ3v) is 3.46. The molecule has 5 heteroatoms. The van der Waals surface area contributed by atoms with Gasteiger partial charge in [-0.2, -0.15) is 13.2 Å². The maximum Gasteiger partial charge on any atom is 0.390 e. The van der Waals surface area contributed by atoms with Crippen LogP contribution in [0.5, 0.6) is 0 Å². The Kier molecular flexibility index (Phi) is 3.21. The molecule has 2 saturated heterocycles. The fraction of sp³-hybridized carbons (Fsp3) is 1.00. The van der Waals surface area contributed by atoms with Crippen LogP contribution in [0.4, 0.5) is 13.2 Å². The Hall–Kier alpha value is -0.290. The monoisotopic (exact) mass is 222 g/mol. The summed E-state index contributed by atoms with van der Waals surface area (Å²) in [5.74, 6) is 0. The van der Waals surface area contributed by atoms with Crippen molar-refractivity contribution in [3.05, 3.63) is 0 Å². The van der Waals surface area contributed by atoms with Gasteiger partial charge in [0.05, 0.1) is 6.42 Å². The molecule has 0 amide bonds. The molecule has 0 saturated carbocycles. The first kappa shape index (κ1) is 11.2. The number of rotatable bonds is 2. The van der Waals surface area contributed by atoms with Gasteiger partial charge in [-0.1, -0.05) is 0 Å². The van der Waals surface area contributed by atoms with E-state index in [2.05, 4.69) is 10.2 Å². The van der Waals surface area contributed by atoms with Gasteiger partial charge in [0.25, 0.3) is 0 Å². The smallest absolute Gasteiger partial charge is 0.315 e. The molecule has 2 heterocycles. The molecular weight excluding hydrogens is 205 g/mol. The quantitative estimate of drug-likeness (QED) is 0.766. The van der Waals surface area contributed by atoms with Crippen LogP contribution in [0.25, 0.3) is 0 Å². The van der Waals surface area contributed by atoms with E-state index in [0.717, 1.165) is 32.4 Å². The minimum atomic E-state index is -4.01. The Morgan fingerprint density at radius 2 is 1.87 bits per heavy atom. The van der Waals surface area contributed by atoms with Gasteiger partial charge in [0.2, 0.25) is 0 Å². The van der Waals surface area contributed by atoms with E-state index in [0.29, 0.717) is 12.1 Å². The fourth-order valence-electron chi connectivity index (χ4n) is 2.70. The summed E-state index contributed by atoms with van der Waals surface area (Å²) in [6, 6.07) is 0.715. The molecule has 2 aliphatic heterocycles. The van der Waals surface area contributed by atoms with Gasteiger partial charge in [0.1, 0.15) is 0 Å². The van der Waals surface area contributed by atoms with Crippen molar-refractivity contribution in [2.24, 2.45) is 0 Å². The van der Waals surface area contributed by atoms with E-state index in [4.69, 9.17) is 0 Å². The molecule has 0 aliphatic carbocycles. The van der Waals surface area contributed by atoms with Crippen LogP contribution in [0.1, 0.15) is 25.7 Å². The van der Waals surface area contributed by atoms with Crippen molar-refractivity contribution in [2.45, 2.75) is 43.9 Å². The summed E-state index contributed by atoms with van der Waals surface area (Å²) in [5, 5.41) is 3.28. The zero-order chi connectivity index (χ0) is 10.9. The molecule has 2 bridgehead atoms. The predicted octanol–water partition coefficient (Wildman–Crippen LogP) is 1.77. The van der Waals surface area contributed by atoms with Gasteiger partial charge in [-0.3, -0.25) is 4.90 Å². The second-order valence-corrected chi connectivity index (χ2v) is 4.48. The molecule has 2 rings (SSSR count). The van der Waals surface area contributed by atoms with Crippen molar-refractivity contribution in [1.29, 1.82) is 0 Å². The molecule has 2 nitrogen and oxygen atoms in total. The molecule has 2 aliphatic rings. The highest BCUT2D eigenvalue weighted by molar-refractivity contribution is 4.91. The summed E-state index contributed by atoms with van der Waals surface area (Å²) in [7, 11) is 0. The van der Waals surface area contributed by atoms with Crippen LogP contribution in [-0.4, -0.2) is 42.8 Å². The molecule has 88 valence electrons. The van der Waals surface area contributed by atoms with E-state index in [9.17, 15) is 13.2 Å². The van der Waals surface area contributed by atoms with E-state index in [-0.39, 0.29) is 6.54 Å². The zero-order valence-corrected chi connectivity index (χ0v) is 8.69. The SMILES string of the molecule is FC(F)(F)CCN1C2CCNCC1CC2. The highest BCUT2D eigenvalue weighted by Crippen LogP contribution is 2.30. The van der Waals surface area contributed by atoms with E-state index in [1.807, 2.05) is 0 Å². The van der Waals surface area contributed by atoms with Crippen LogP contribution in [0.2, 0.25) is 0 Å². The van der Waals surface area contributed by atoms with E-state index in [1.165, 1.54) is 0 Å². The van der Waals surface area contributed by atoms with Gasteiger partial charge in [-0.25, -0.2) is 0 Å². The average molecular weight is 222 g/mol. The maximum atomic E-state index is 12.1. The molecule has 15 heavy (non-hydrogen) atoms. The summed E-state index contributed by atoms with van der Waals surface area (Å²) in [6.45, 7) is 1.98. The average Bonchev–Trinajstić information content (AvgIpc) is 2.34. The van der Waals surface area contributed by atoms with Crippen LogP contribution >= 0.6 is 0 Å². The number of alkyl halides is 3. The lowest BCUT2D eigenvalue weighted by molar-refractivity contribution is -0.139. The molecule has 0 aromatic carbocycles. The molecular formula is C10H17F3N2. The van der Waals surface area contributed by atoms with Crippen molar-refractivity contribution in [3.63, 3.8) is 0 Å². The molecule has 1 N–H and O–H groups in total. The van der Waals surface area contributed by atoms with Crippen LogP contribution < -0.4 is 5.32 Å². The molecule has 0 spiro atoms. The number of hydrogen-bond acceptors (Lipinski definition) is 2. The molecule has 0 radical (unpaired) electrons. The Morgan fingerprint density at radius 3 is 2.60 bits per heavy atom. The van der Waals surface area contributed by atoms with Gasteiger partial charge >= 0.3 is 6.18 Å². The van der Waals surface area contributed by atoms with Crippen LogP contribution in [-0.2, 0) is 0 Å². The molecule has 2 atom stereocenters. The van der Waals surface area contributed by atoms with Gasteiger partial charge < -0.3 is 5.32 Å². The summed E-state index contributed by atoms with van der Waals surface area (Å²) >= 11 is 0. The topological polar surface area (TPSA) is 15.3 Å². The Balaban J connectivity index is 1.90. The number of fused-ring (bicyclic) bond motifs is 2. The summed E-state index contributed by atoms with van der Waals surface area (Å²) in [6.07, 6.45) is -1.56. The molecule has 2 unspecified atom stereocenters. The Morgan fingerprint density at radius 1 is 1.13 bits per heavy atom. The number of nitrogens with zero attached hydrogens (tertiary/aromatic N) is 1. The minimum Gasteiger partial charge on any atom is -0.315 e. The zero-order valence-electron chi connectivity index (χ0n) is 8.69. The Bertz CT molecular complexity index is 203. The van der Waals surface area contributed by atoms with Crippen molar-refractivity contribution in [3.8, 4) is 0 Å². The van der Waals surface area contributed by atoms with E-state index in [1.54, 1.807) is 0 Å². The lowest BCUT2D eigenvalue weighted by Crippen LogP contribution is -2.39. The summed E-state index contributed by atoms with van der Waals surface area (Å²) in [4.78, 5) is 2.06. The first-order valence-corrected chi connectivity index (χ1v) is 5.59. The van der Waals surface area contributed by atoms with Gasteiger partial charge in [-0.15, -0.1) is 0 Å². The van der Waals surface area contributed by atoms with E-state index >= 15 is 0 Å². The van der Waals surface area contributed by atoms with E-state index < -0.39 is 12.6 Å².